The van der Waals surface area contributed by atoms with Gasteiger partial charge < -0.3 is 10.1 Å². The first-order valence-corrected chi connectivity index (χ1v) is 8.51. The predicted molar refractivity (Wildman–Crippen MR) is 86.3 cm³/mol. The van der Waals surface area contributed by atoms with Gasteiger partial charge in [0.15, 0.2) is 0 Å². The molecule has 3 nitrogen and oxygen atoms in total. The summed E-state index contributed by atoms with van der Waals surface area (Å²) in [5.74, 6) is 0. The molecule has 1 aliphatic rings. The summed E-state index contributed by atoms with van der Waals surface area (Å²) in [6, 6.07) is 2.93. The van der Waals surface area contributed by atoms with E-state index in [0.717, 1.165) is 39.2 Å². The van der Waals surface area contributed by atoms with Crippen LogP contribution in [0, 0.1) is 6.92 Å². The summed E-state index contributed by atoms with van der Waals surface area (Å²) in [5.41, 5.74) is 1.49. The van der Waals surface area contributed by atoms with Crippen LogP contribution in [-0.4, -0.2) is 36.7 Å². The van der Waals surface area contributed by atoms with Crippen molar-refractivity contribution >= 4 is 11.3 Å². The highest BCUT2D eigenvalue weighted by molar-refractivity contribution is 7.12. The Kier molecular flexibility index (Phi) is 6.02. The minimum absolute atomic E-state index is 0.360. The van der Waals surface area contributed by atoms with Crippen molar-refractivity contribution in [1.82, 2.24) is 10.2 Å². The molecule has 1 aliphatic heterocycles. The van der Waals surface area contributed by atoms with Crippen LogP contribution in [0.5, 0.6) is 0 Å². The molecule has 1 saturated heterocycles. The zero-order chi connectivity index (χ0) is 14.5. The van der Waals surface area contributed by atoms with E-state index in [0.29, 0.717) is 12.1 Å². The summed E-state index contributed by atoms with van der Waals surface area (Å²) in [6.07, 6.45) is 1.51. The third-order valence-corrected chi connectivity index (χ3v) is 4.78. The number of nitrogens with zero attached hydrogens (tertiary/aromatic N) is 1. The fourth-order valence-corrected chi connectivity index (χ4v) is 3.61. The number of rotatable bonds is 5. The van der Waals surface area contributed by atoms with Crippen molar-refractivity contribution in [2.75, 3.05) is 19.7 Å². The Morgan fingerprint density at radius 1 is 1.50 bits per heavy atom. The summed E-state index contributed by atoms with van der Waals surface area (Å²) < 4.78 is 5.72. The van der Waals surface area contributed by atoms with Gasteiger partial charge in [0.1, 0.15) is 0 Å². The maximum Gasteiger partial charge on any atom is 0.0674 e. The molecule has 0 saturated carbocycles. The molecule has 1 aromatic rings. The second-order valence-corrected chi connectivity index (χ2v) is 7.44. The minimum Gasteiger partial charge on any atom is -0.377 e. The van der Waals surface area contributed by atoms with Gasteiger partial charge in [-0.25, -0.2) is 0 Å². The molecule has 0 aliphatic carbocycles. The van der Waals surface area contributed by atoms with Gasteiger partial charge in [-0.2, -0.15) is 0 Å². The van der Waals surface area contributed by atoms with Crippen molar-refractivity contribution in [2.24, 2.45) is 0 Å². The van der Waals surface area contributed by atoms with Gasteiger partial charge in [0.25, 0.3) is 0 Å². The molecule has 0 aromatic carbocycles. The van der Waals surface area contributed by atoms with E-state index in [1.54, 1.807) is 0 Å². The lowest BCUT2D eigenvalue weighted by Crippen LogP contribution is -2.29. The van der Waals surface area contributed by atoms with Gasteiger partial charge >= 0.3 is 0 Å². The van der Waals surface area contributed by atoms with Crippen molar-refractivity contribution < 1.29 is 4.74 Å². The molecule has 114 valence electrons. The van der Waals surface area contributed by atoms with Crippen LogP contribution in [0.4, 0.5) is 0 Å². The van der Waals surface area contributed by atoms with E-state index < -0.39 is 0 Å². The second kappa shape index (κ2) is 7.55. The van der Waals surface area contributed by atoms with Crippen LogP contribution in [0.25, 0.3) is 0 Å². The lowest BCUT2D eigenvalue weighted by molar-refractivity contribution is 0.0668. The third kappa shape index (κ3) is 4.85. The molecular weight excluding hydrogens is 268 g/mol. The molecule has 0 spiro atoms. The molecule has 1 unspecified atom stereocenters. The minimum atomic E-state index is 0.360. The topological polar surface area (TPSA) is 24.5 Å². The molecule has 0 amide bonds. The Morgan fingerprint density at radius 3 is 3.05 bits per heavy atom. The lowest BCUT2D eigenvalue weighted by Gasteiger charge is -2.21. The van der Waals surface area contributed by atoms with Gasteiger partial charge in [-0.15, -0.1) is 11.3 Å². The van der Waals surface area contributed by atoms with Crippen LogP contribution >= 0.6 is 11.3 Å². The second-order valence-electron chi connectivity index (χ2n) is 6.10. The average Bonchev–Trinajstić information content (AvgIpc) is 2.58. The summed E-state index contributed by atoms with van der Waals surface area (Å²) in [5, 5.41) is 3.50. The fourth-order valence-electron chi connectivity index (χ4n) is 2.60. The summed E-state index contributed by atoms with van der Waals surface area (Å²) >= 11 is 1.93. The van der Waals surface area contributed by atoms with E-state index in [1.165, 1.54) is 15.3 Å². The molecule has 1 atom stereocenters. The maximum absolute atomic E-state index is 5.72. The van der Waals surface area contributed by atoms with Crippen LogP contribution < -0.4 is 5.32 Å². The Balaban J connectivity index is 1.94. The SMILES string of the molecule is Cc1sc(CNC(C)C)cc1CN1CCCOC(C)C1. The Hall–Kier alpha value is -0.420. The molecule has 2 heterocycles. The normalized spacial score (nSPS) is 21.4. The molecule has 1 N–H and O–H groups in total. The molecule has 1 aromatic heterocycles. The maximum atomic E-state index is 5.72. The highest BCUT2D eigenvalue weighted by Crippen LogP contribution is 2.23. The van der Waals surface area contributed by atoms with E-state index >= 15 is 0 Å². The molecule has 0 radical (unpaired) electrons. The quantitative estimate of drug-likeness (QED) is 0.903. The van der Waals surface area contributed by atoms with E-state index in [2.05, 4.69) is 44.0 Å². The van der Waals surface area contributed by atoms with Gasteiger partial charge in [0.05, 0.1) is 6.10 Å². The number of hydrogen-bond acceptors (Lipinski definition) is 4. The zero-order valence-corrected chi connectivity index (χ0v) is 14.1. The van der Waals surface area contributed by atoms with Crippen molar-refractivity contribution in [3.63, 3.8) is 0 Å². The number of ether oxygens (including phenoxy) is 1. The molecule has 2 rings (SSSR count). The lowest BCUT2D eigenvalue weighted by atomic mass is 10.2. The first-order valence-electron chi connectivity index (χ1n) is 7.70. The molecular formula is C16H28N2OS. The smallest absolute Gasteiger partial charge is 0.0674 e. The van der Waals surface area contributed by atoms with E-state index in [4.69, 9.17) is 4.74 Å². The average molecular weight is 296 g/mol. The van der Waals surface area contributed by atoms with E-state index in [1.807, 2.05) is 11.3 Å². The van der Waals surface area contributed by atoms with Crippen molar-refractivity contribution in [1.29, 1.82) is 0 Å². The molecule has 1 fully saturated rings. The Labute approximate surface area is 127 Å². The summed E-state index contributed by atoms with van der Waals surface area (Å²) in [6.45, 7) is 14.0. The van der Waals surface area contributed by atoms with Crippen LogP contribution in [-0.2, 0) is 17.8 Å². The van der Waals surface area contributed by atoms with Gasteiger partial charge in [-0.3, -0.25) is 4.90 Å². The first-order chi connectivity index (χ1) is 9.54. The zero-order valence-electron chi connectivity index (χ0n) is 13.2. The Bertz CT molecular complexity index is 417. The predicted octanol–water partition coefficient (Wildman–Crippen LogP) is 3.17. The molecule has 20 heavy (non-hydrogen) atoms. The van der Waals surface area contributed by atoms with Crippen LogP contribution in [0.2, 0.25) is 0 Å². The van der Waals surface area contributed by atoms with Crippen molar-refractivity contribution in [2.45, 2.75) is 59.4 Å². The highest BCUT2D eigenvalue weighted by atomic mass is 32.1. The highest BCUT2D eigenvalue weighted by Gasteiger charge is 2.16. The monoisotopic (exact) mass is 296 g/mol. The van der Waals surface area contributed by atoms with Crippen LogP contribution in [0.3, 0.4) is 0 Å². The first kappa shape index (κ1) is 16.0. The van der Waals surface area contributed by atoms with Gasteiger partial charge in [0.2, 0.25) is 0 Å². The summed E-state index contributed by atoms with van der Waals surface area (Å²) in [4.78, 5) is 5.44. The number of aryl methyl sites for hydroxylation is 1. The van der Waals surface area contributed by atoms with Crippen LogP contribution in [0.1, 0.15) is 42.5 Å². The number of hydrogen-bond donors (Lipinski definition) is 1. The summed E-state index contributed by atoms with van der Waals surface area (Å²) in [7, 11) is 0. The number of nitrogens with one attached hydrogen (secondary N) is 1. The Morgan fingerprint density at radius 2 is 2.30 bits per heavy atom. The number of thiophene rings is 1. The fraction of sp³-hybridized carbons (Fsp3) is 0.750. The van der Waals surface area contributed by atoms with Crippen LogP contribution in [0.15, 0.2) is 6.07 Å². The standard InChI is InChI=1S/C16H28N2OS/c1-12(2)17-9-16-8-15(14(4)20-16)11-18-6-5-7-19-13(3)10-18/h8,12-13,17H,5-7,9-11H2,1-4H3. The largest absolute Gasteiger partial charge is 0.377 e. The van der Waals surface area contributed by atoms with Gasteiger partial charge in [0, 0.05) is 48.6 Å². The van der Waals surface area contributed by atoms with Gasteiger partial charge in [-0.05, 0) is 31.9 Å². The molecule has 4 heteroatoms. The molecule has 0 bridgehead atoms. The van der Waals surface area contributed by atoms with Crippen molar-refractivity contribution in [3.05, 3.63) is 21.4 Å². The third-order valence-electron chi connectivity index (χ3n) is 3.69. The van der Waals surface area contributed by atoms with E-state index in [9.17, 15) is 0 Å². The van der Waals surface area contributed by atoms with Gasteiger partial charge in [-0.1, -0.05) is 13.8 Å². The van der Waals surface area contributed by atoms with E-state index in [-0.39, 0.29) is 0 Å². The van der Waals surface area contributed by atoms with Crippen molar-refractivity contribution in [3.8, 4) is 0 Å².